The third-order valence-electron chi connectivity index (χ3n) is 3.09. The summed E-state index contributed by atoms with van der Waals surface area (Å²) < 4.78 is 26.4. The highest BCUT2D eigenvalue weighted by molar-refractivity contribution is 7.89. The molecule has 20 heavy (non-hydrogen) atoms. The zero-order valence-corrected chi connectivity index (χ0v) is 12.4. The molecule has 1 N–H and O–H groups in total. The molecule has 0 radical (unpaired) electrons. The monoisotopic (exact) mass is 315 g/mol. The van der Waals surface area contributed by atoms with Crippen LogP contribution in [0.1, 0.15) is 23.7 Å². The van der Waals surface area contributed by atoms with Crippen molar-refractivity contribution in [3.8, 4) is 0 Å². The predicted octanol–water partition coefficient (Wildman–Crippen LogP) is 2.38. The number of hydrogen-bond acceptors (Lipinski definition) is 3. The van der Waals surface area contributed by atoms with E-state index < -0.39 is 16.0 Å². The number of hydrogen-bond donors (Lipinski definition) is 1. The topological polar surface area (TPSA) is 74.7 Å². The van der Waals surface area contributed by atoms with E-state index in [2.05, 4.69) is 0 Å². The van der Waals surface area contributed by atoms with E-state index >= 15 is 0 Å². The molecule has 5 nitrogen and oxygen atoms in total. The molecule has 7 heteroatoms. The van der Waals surface area contributed by atoms with Crippen molar-refractivity contribution in [2.24, 2.45) is 0 Å². The SMILES string of the molecule is CC1=CCCN(S(=O)(=O)c2cc(C(=O)O)ccc2Cl)C1. The Morgan fingerprint density at radius 3 is 2.70 bits per heavy atom. The Labute approximate surface area is 122 Å². The molecule has 1 heterocycles. The van der Waals surface area contributed by atoms with Gasteiger partial charge in [-0.2, -0.15) is 4.31 Å². The molecule has 1 aromatic carbocycles. The van der Waals surface area contributed by atoms with Crippen LogP contribution in [0, 0.1) is 0 Å². The molecule has 1 aliphatic heterocycles. The molecule has 0 unspecified atom stereocenters. The lowest BCUT2D eigenvalue weighted by Crippen LogP contribution is -2.35. The fraction of sp³-hybridized carbons (Fsp3) is 0.308. The molecule has 0 amide bonds. The molecule has 1 aromatic rings. The van der Waals surface area contributed by atoms with Crippen molar-refractivity contribution in [2.75, 3.05) is 13.1 Å². The van der Waals surface area contributed by atoms with Gasteiger partial charge in [0.05, 0.1) is 10.6 Å². The first-order valence-corrected chi connectivity index (χ1v) is 7.83. The average molecular weight is 316 g/mol. The van der Waals surface area contributed by atoms with Crippen molar-refractivity contribution in [1.29, 1.82) is 0 Å². The van der Waals surface area contributed by atoms with Gasteiger partial charge in [0.1, 0.15) is 4.90 Å². The summed E-state index contributed by atoms with van der Waals surface area (Å²) in [7, 11) is -3.78. The fourth-order valence-electron chi connectivity index (χ4n) is 2.06. The number of rotatable bonds is 3. The van der Waals surface area contributed by atoms with E-state index in [1.54, 1.807) is 0 Å². The maximum absolute atomic E-state index is 12.5. The van der Waals surface area contributed by atoms with Crippen LogP contribution >= 0.6 is 11.6 Å². The molecule has 0 saturated heterocycles. The van der Waals surface area contributed by atoms with E-state index in [0.29, 0.717) is 19.5 Å². The van der Waals surface area contributed by atoms with E-state index in [4.69, 9.17) is 16.7 Å². The maximum atomic E-state index is 12.5. The summed E-state index contributed by atoms with van der Waals surface area (Å²) in [5, 5.41) is 8.99. The lowest BCUT2D eigenvalue weighted by Gasteiger charge is -2.25. The summed E-state index contributed by atoms with van der Waals surface area (Å²) in [4.78, 5) is 10.8. The zero-order valence-electron chi connectivity index (χ0n) is 10.8. The molecule has 0 aliphatic carbocycles. The number of halogens is 1. The van der Waals surface area contributed by atoms with E-state index in [1.807, 2.05) is 13.0 Å². The highest BCUT2D eigenvalue weighted by Gasteiger charge is 2.28. The van der Waals surface area contributed by atoms with E-state index in [0.717, 1.165) is 11.6 Å². The second-order valence-corrected chi connectivity index (χ2v) is 6.94. The minimum Gasteiger partial charge on any atom is -0.478 e. The number of benzene rings is 1. The van der Waals surface area contributed by atoms with Crippen molar-refractivity contribution >= 4 is 27.6 Å². The number of nitrogens with zero attached hydrogens (tertiary/aromatic N) is 1. The lowest BCUT2D eigenvalue weighted by molar-refractivity contribution is 0.0696. The molecule has 0 atom stereocenters. The van der Waals surface area contributed by atoms with Gasteiger partial charge in [-0.25, -0.2) is 13.2 Å². The van der Waals surface area contributed by atoms with E-state index in [1.165, 1.54) is 16.4 Å². The van der Waals surface area contributed by atoms with Gasteiger partial charge in [0.15, 0.2) is 0 Å². The van der Waals surface area contributed by atoms with Crippen molar-refractivity contribution in [1.82, 2.24) is 4.31 Å². The van der Waals surface area contributed by atoms with Crippen LogP contribution in [0.5, 0.6) is 0 Å². The van der Waals surface area contributed by atoms with Gasteiger partial charge in [-0.1, -0.05) is 23.3 Å². The Kier molecular flexibility index (Phi) is 4.17. The number of carboxylic acid groups (broad SMARTS) is 1. The van der Waals surface area contributed by atoms with Crippen molar-refractivity contribution in [3.05, 3.63) is 40.4 Å². The van der Waals surface area contributed by atoms with Crippen LogP contribution in [0.2, 0.25) is 5.02 Å². The normalized spacial score (nSPS) is 16.8. The number of carbonyl (C=O) groups is 1. The number of carboxylic acids is 1. The van der Waals surface area contributed by atoms with Gasteiger partial charge in [-0.05, 0) is 31.5 Å². The summed E-state index contributed by atoms with van der Waals surface area (Å²) in [5.41, 5.74) is 0.864. The Morgan fingerprint density at radius 1 is 1.40 bits per heavy atom. The zero-order chi connectivity index (χ0) is 14.9. The highest BCUT2D eigenvalue weighted by Crippen LogP contribution is 2.27. The van der Waals surface area contributed by atoms with Crippen LogP contribution < -0.4 is 0 Å². The van der Waals surface area contributed by atoms with E-state index in [-0.39, 0.29) is 15.5 Å². The first kappa shape index (κ1) is 15.0. The second kappa shape index (κ2) is 5.55. The molecule has 1 aliphatic rings. The van der Waals surface area contributed by atoms with Gasteiger partial charge in [-0.3, -0.25) is 0 Å². The predicted molar refractivity (Wildman–Crippen MR) is 75.5 cm³/mol. The Balaban J connectivity index is 2.46. The van der Waals surface area contributed by atoms with Gasteiger partial charge in [0.2, 0.25) is 10.0 Å². The number of aromatic carboxylic acids is 1. The van der Waals surface area contributed by atoms with Gasteiger partial charge < -0.3 is 5.11 Å². The molecule has 0 aromatic heterocycles. The first-order chi connectivity index (χ1) is 9.32. The third kappa shape index (κ3) is 2.87. The van der Waals surface area contributed by atoms with Crippen molar-refractivity contribution in [3.63, 3.8) is 0 Å². The Morgan fingerprint density at radius 2 is 2.10 bits per heavy atom. The molecule has 2 rings (SSSR count). The summed E-state index contributed by atoms with van der Waals surface area (Å²) in [6.45, 7) is 2.53. The highest BCUT2D eigenvalue weighted by atomic mass is 35.5. The largest absolute Gasteiger partial charge is 0.478 e. The van der Waals surface area contributed by atoms with E-state index in [9.17, 15) is 13.2 Å². The second-order valence-electron chi connectivity index (χ2n) is 4.63. The summed E-state index contributed by atoms with van der Waals surface area (Å²) >= 11 is 5.93. The van der Waals surface area contributed by atoms with Crippen LogP contribution in [0.15, 0.2) is 34.7 Å². The lowest BCUT2D eigenvalue weighted by atomic mass is 10.2. The Hall–Kier alpha value is -1.37. The molecule has 0 spiro atoms. The van der Waals surface area contributed by atoms with Gasteiger partial charge in [-0.15, -0.1) is 0 Å². The van der Waals surface area contributed by atoms with Crippen molar-refractivity contribution in [2.45, 2.75) is 18.2 Å². The third-order valence-corrected chi connectivity index (χ3v) is 5.42. The van der Waals surface area contributed by atoms with Crippen LogP contribution in [-0.2, 0) is 10.0 Å². The standard InChI is InChI=1S/C13H14ClNO4S/c1-9-3-2-6-15(8-9)20(18,19)12-7-10(13(16)17)4-5-11(12)14/h3-5,7H,2,6,8H2,1H3,(H,16,17). The number of sulfonamides is 1. The Bertz CT molecular complexity index is 682. The molecular formula is C13H14ClNO4S. The smallest absolute Gasteiger partial charge is 0.335 e. The molecule has 0 bridgehead atoms. The fourth-order valence-corrected chi connectivity index (χ4v) is 4.05. The summed E-state index contributed by atoms with van der Waals surface area (Å²) in [6.07, 6.45) is 2.63. The van der Waals surface area contributed by atoms with Crippen LogP contribution in [-0.4, -0.2) is 36.9 Å². The van der Waals surface area contributed by atoms with Gasteiger partial charge in [0, 0.05) is 13.1 Å². The quantitative estimate of drug-likeness (QED) is 0.869. The summed E-state index contributed by atoms with van der Waals surface area (Å²) in [6, 6.07) is 3.68. The molecular weight excluding hydrogens is 302 g/mol. The van der Waals surface area contributed by atoms with Gasteiger partial charge in [0.25, 0.3) is 0 Å². The molecule has 108 valence electrons. The van der Waals surface area contributed by atoms with Crippen molar-refractivity contribution < 1.29 is 18.3 Å². The maximum Gasteiger partial charge on any atom is 0.335 e. The first-order valence-electron chi connectivity index (χ1n) is 6.01. The van der Waals surface area contributed by atoms with Crippen LogP contribution in [0.3, 0.4) is 0 Å². The molecule has 0 saturated carbocycles. The molecule has 0 fully saturated rings. The van der Waals surface area contributed by atoms with Crippen LogP contribution in [0.25, 0.3) is 0 Å². The average Bonchev–Trinajstić information content (AvgIpc) is 2.38. The van der Waals surface area contributed by atoms with Gasteiger partial charge >= 0.3 is 5.97 Å². The minimum atomic E-state index is -3.78. The summed E-state index contributed by atoms with van der Waals surface area (Å²) in [5.74, 6) is -1.19. The minimum absolute atomic E-state index is 0.0298. The van der Waals surface area contributed by atoms with Crippen LogP contribution in [0.4, 0.5) is 0 Å².